The summed E-state index contributed by atoms with van der Waals surface area (Å²) in [4.78, 5) is 2.26. The molecule has 0 aromatic heterocycles. The molecule has 1 unspecified atom stereocenters. The number of nitrogens with zero attached hydrogens (tertiary/aromatic N) is 2. The highest BCUT2D eigenvalue weighted by atomic mass is 35.5. The van der Waals surface area contributed by atoms with Crippen LogP contribution in [0.15, 0.2) is 53.4 Å². The minimum atomic E-state index is -3.55. The van der Waals surface area contributed by atoms with Gasteiger partial charge in [0.25, 0.3) is 0 Å². The van der Waals surface area contributed by atoms with Crippen molar-refractivity contribution in [1.82, 2.24) is 9.21 Å². The minimum Gasteiger partial charge on any atom is -0.491 e. The molecule has 0 spiro atoms. The van der Waals surface area contributed by atoms with Crippen LogP contribution in [0.1, 0.15) is 5.56 Å². The van der Waals surface area contributed by atoms with Crippen molar-refractivity contribution in [3.05, 3.63) is 59.1 Å². The van der Waals surface area contributed by atoms with Gasteiger partial charge in [0, 0.05) is 37.7 Å². The first-order chi connectivity index (χ1) is 13.4. The van der Waals surface area contributed by atoms with Gasteiger partial charge >= 0.3 is 0 Å². The molecule has 0 radical (unpaired) electrons. The number of piperazine rings is 1. The molecule has 2 aromatic carbocycles. The molecule has 6 nitrogen and oxygen atoms in total. The Morgan fingerprint density at radius 3 is 2.50 bits per heavy atom. The summed E-state index contributed by atoms with van der Waals surface area (Å²) in [5.74, 6) is 0.763. The molecule has 3 rings (SSSR count). The maximum atomic E-state index is 12.7. The van der Waals surface area contributed by atoms with Crippen molar-refractivity contribution in [1.29, 1.82) is 0 Å². The van der Waals surface area contributed by atoms with Crippen LogP contribution >= 0.6 is 11.6 Å². The molecule has 0 saturated carbocycles. The highest BCUT2D eigenvalue weighted by Crippen LogP contribution is 2.21. The highest BCUT2D eigenvalue weighted by molar-refractivity contribution is 7.89. The van der Waals surface area contributed by atoms with Gasteiger partial charge in [-0.25, -0.2) is 8.42 Å². The van der Waals surface area contributed by atoms with E-state index in [9.17, 15) is 13.5 Å². The Morgan fingerprint density at radius 2 is 1.82 bits per heavy atom. The molecular formula is C20H25ClN2O4S. The number of hydrogen-bond donors (Lipinski definition) is 1. The van der Waals surface area contributed by atoms with Gasteiger partial charge in [0.15, 0.2) is 0 Å². The van der Waals surface area contributed by atoms with E-state index in [-0.39, 0.29) is 11.5 Å². The van der Waals surface area contributed by atoms with Gasteiger partial charge in [-0.1, -0.05) is 35.9 Å². The van der Waals surface area contributed by atoms with Crippen LogP contribution in [0, 0.1) is 6.92 Å². The molecule has 2 aromatic rings. The summed E-state index contributed by atoms with van der Waals surface area (Å²) in [5, 5.41) is 10.7. The molecule has 1 atom stereocenters. The number of benzene rings is 2. The number of aryl methyl sites for hydroxylation is 1. The number of ether oxygens (including phenoxy) is 1. The molecule has 0 bridgehead atoms. The molecule has 0 aliphatic carbocycles. The summed E-state index contributed by atoms with van der Waals surface area (Å²) in [6.07, 6.45) is -0.643. The fraction of sp³-hybridized carbons (Fsp3) is 0.400. The lowest BCUT2D eigenvalue weighted by atomic mass is 10.2. The lowest BCUT2D eigenvalue weighted by Gasteiger charge is -2.34. The van der Waals surface area contributed by atoms with Crippen molar-refractivity contribution >= 4 is 21.6 Å². The van der Waals surface area contributed by atoms with Gasteiger partial charge in [-0.15, -0.1) is 0 Å². The molecule has 1 heterocycles. The maximum Gasteiger partial charge on any atom is 0.243 e. The predicted molar refractivity (Wildman–Crippen MR) is 109 cm³/mol. The molecule has 1 N–H and O–H groups in total. The van der Waals surface area contributed by atoms with Gasteiger partial charge in [-0.3, -0.25) is 4.90 Å². The second kappa shape index (κ2) is 9.24. The van der Waals surface area contributed by atoms with Gasteiger partial charge < -0.3 is 9.84 Å². The molecule has 1 fully saturated rings. The minimum absolute atomic E-state index is 0.200. The lowest BCUT2D eigenvalue weighted by Crippen LogP contribution is -2.50. The second-order valence-electron chi connectivity index (χ2n) is 6.89. The van der Waals surface area contributed by atoms with Crippen LogP contribution in [-0.4, -0.2) is 68.2 Å². The summed E-state index contributed by atoms with van der Waals surface area (Å²) in [6, 6.07) is 14.0. The fourth-order valence-corrected chi connectivity index (χ4v) is 4.91. The third-order valence-corrected chi connectivity index (χ3v) is 6.89. The zero-order valence-corrected chi connectivity index (χ0v) is 17.4. The molecule has 8 heteroatoms. The van der Waals surface area contributed by atoms with E-state index in [4.69, 9.17) is 16.3 Å². The van der Waals surface area contributed by atoms with E-state index in [1.807, 2.05) is 31.2 Å². The third kappa shape index (κ3) is 5.24. The van der Waals surface area contributed by atoms with Crippen LogP contribution in [0.4, 0.5) is 0 Å². The normalized spacial score (nSPS) is 17.4. The number of β-amino-alcohol motifs (C(OH)–C–C–N with tert-alkyl or cyclic N) is 1. The molecule has 152 valence electrons. The Balaban J connectivity index is 1.49. The first-order valence-corrected chi connectivity index (χ1v) is 11.0. The number of aliphatic hydroxyl groups excluding tert-OH is 1. The molecule has 0 amide bonds. The Labute approximate surface area is 171 Å². The molecule has 1 aliphatic heterocycles. The van der Waals surface area contributed by atoms with Crippen LogP contribution in [0.25, 0.3) is 0 Å². The number of sulfonamides is 1. The summed E-state index contributed by atoms with van der Waals surface area (Å²) in [5.41, 5.74) is 1.02. The number of hydrogen-bond acceptors (Lipinski definition) is 5. The lowest BCUT2D eigenvalue weighted by molar-refractivity contribution is 0.0567. The average molecular weight is 425 g/mol. The number of para-hydroxylation sites is 1. The van der Waals surface area contributed by atoms with Crippen LogP contribution in [0.3, 0.4) is 0 Å². The Morgan fingerprint density at radius 1 is 1.11 bits per heavy atom. The highest BCUT2D eigenvalue weighted by Gasteiger charge is 2.29. The zero-order chi connectivity index (χ0) is 20.1. The van der Waals surface area contributed by atoms with Crippen molar-refractivity contribution in [3.8, 4) is 5.75 Å². The number of halogens is 1. The van der Waals surface area contributed by atoms with E-state index in [1.165, 1.54) is 10.4 Å². The summed E-state index contributed by atoms with van der Waals surface area (Å²) >= 11 is 5.92. The smallest absolute Gasteiger partial charge is 0.243 e. The molecular weight excluding hydrogens is 400 g/mol. The Bertz CT molecular complexity index is 899. The first-order valence-electron chi connectivity index (χ1n) is 9.21. The predicted octanol–water partition coefficient (Wildman–Crippen LogP) is 2.39. The Hall–Kier alpha value is -1.64. The summed E-state index contributed by atoms with van der Waals surface area (Å²) in [6.45, 7) is 4.47. The van der Waals surface area contributed by atoms with Gasteiger partial charge in [-0.05, 0) is 36.8 Å². The summed E-state index contributed by atoms with van der Waals surface area (Å²) < 4.78 is 32.6. The van der Waals surface area contributed by atoms with E-state index in [0.717, 1.165) is 11.3 Å². The number of rotatable bonds is 7. The molecule has 28 heavy (non-hydrogen) atoms. The molecule has 1 saturated heterocycles. The van der Waals surface area contributed by atoms with Crippen molar-refractivity contribution in [2.75, 3.05) is 39.3 Å². The largest absolute Gasteiger partial charge is 0.491 e. The van der Waals surface area contributed by atoms with Gasteiger partial charge in [0.05, 0.1) is 4.90 Å². The standard InChI is InChI=1S/C20H25ClN2O4S/c1-16-5-2-3-8-20(16)27-15-18(24)14-22-9-11-23(12-10-22)28(25,26)19-7-4-6-17(21)13-19/h2-8,13,18,24H,9-12,14-15H2,1H3. The van der Waals surface area contributed by atoms with E-state index < -0.39 is 16.1 Å². The Kier molecular flexibility index (Phi) is 6.95. The van der Waals surface area contributed by atoms with Crippen molar-refractivity contribution in [3.63, 3.8) is 0 Å². The van der Waals surface area contributed by atoms with E-state index >= 15 is 0 Å². The van der Waals surface area contributed by atoms with E-state index in [1.54, 1.807) is 18.2 Å². The third-order valence-electron chi connectivity index (χ3n) is 4.76. The van der Waals surface area contributed by atoms with Crippen molar-refractivity contribution in [2.45, 2.75) is 17.9 Å². The topological polar surface area (TPSA) is 70.1 Å². The van der Waals surface area contributed by atoms with Crippen molar-refractivity contribution in [2.24, 2.45) is 0 Å². The van der Waals surface area contributed by atoms with Crippen LogP contribution in [0.2, 0.25) is 5.02 Å². The van der Waals surface area contributed by atoms with Crippen LogP contribution in [0.5, 0.6) is 5.75 Å². The zero-order valence-electron chi connectivity index (χ0n) is 15.8. The van der Waals surface area contributed by atoms with Gasteiger partial charge in [-0.2, -0.15) is 4.31 Å². The van der Waals surface area contributed by atoms with Gasteiger partial charge in [0.2, 0.25) is 10.0 Å². The van der Waals surface area contributed by atoms with Crippen molar-refractivity contribution < 1.29 is 18.3 Å². The SMILES string of the molecule is Cc1ccccc1OCC(O)CN1CCN(S(=O)(=O)c2cccc(Cl)c2)CC1. The second-order valence-corrected chi connectivity index (χ2v) is 9.27. The average Bonchev–Trinajstić information content (AvgIpc) is 2.68. The maximum absolute atomic E-state index is 12.7. The van der Waals surface area contributed by atoms with Gasteiger partial charge in [0.1, 0.15) is 18.5 Å². The fourth-order valence-electron chi connectivity index (χ4n) is 3.18. The van der Waals surface area contributed by atoms with Crippen LogP contribution in [-0.2, 0) is 10.0 Å². The monoisotopic (exact) mass is 424 g/mol. The molecule has 1 aliphatic rings. The quantitative estimate of drug-likeness (QED) is 0.739. The van der Waals surface area contributed by atoms with Crippen LogP contribution < -0.4 is 4.74 Å². The first kappa shape index (κ1) is 21.1. The summed E-state index contributed by atoms with van der Waals surface area (Å²) in [7, 11) is -3.55. The van der Waals surface area contributed by atoms with E-state index in [0.29, 0.717) is 37.7 Å². The van der Waals surface area contributed by atoms with E-state index in [2.05, 4.69) is 4.90 Å². The number of aliphatic hydroxyl groups is 1.